The maximum absolute atomic E-state index is 12.7. The van der Waals surface area contributed by atoms with Gasteiger partial charge in [0.05, 0.1) is 5.56 Å². The molecule has 1 aromatic rings. The molecule has 1 amide bonds. The molecule has 25 heavy (non-hydrogen) atoms. The standard InChI is InChI=1S/C18H25F3N2O2/c1-2-3-4-8-22-9-11-23(12-10-22)17(24)25-14-15-6-5-7-16(13-15)18(19,20)21/h5-7,13H,2-4,8-12,14H2,1H3. The Hall–Kier alpha value is -1.76. The minimum Gasteiger partial charge on any atom is -0.445 e. The topological polar surface area (TPSA) is 32.8 Å². The van der Waals surface area contributed by atoms with E-state index in [4.69, 9.17) is 4.74 Å². The number of piperazine rings is 1. The van der Waals surface area contributed by atoms with Crippen LogP contribution in [0.1, 0.15) is 37.3 Å². The number of rotatable bonds is 6. The van der Waals surface area contributed by atoms with Gasteiger partial charge in [0.25, 0.3) is 0 Å². The van der Waals surface area contributed by atoms with Crippen molar-refractivity contribution in [2.24, 2.45) is 0 Å². The monoisotopic (exact) mass is 358 g/mol. The van der Waals surface area contributed by atoms with Gasteiger partial charge in [-0.2, -0.15) is 13.2 Å². The van der Waals surface area contributed by atoms with Crippen molar-refractivity contribution >= 4 is 6.09 Å². The van der Waals surface area contributed by atoms with Crippen LogP contribution in [0, 0.1) is 0 Å². The third-order valence-electron chi connectivity index (χ3n) is 4.33. The normalized spacial score (nSPS) is 16.1. The lowest BCUT2D eigenvalue weighted by atomic mass is 10.1. The van der Waals surface area contributed by atoms with Crippen molar-refractivity contribution < 1.29 is 22.7 Å². The van der Waals surface area contributed by atoms with E-state index < -0.39 is 17.8 Å². The zero-order valence-corrected chi connectivity index (χ0v) is 14.5. The Morgan fingerprint density at radius 2 is 1.88 bits per heavy atom. The van der Waals surface area contributed by atoms with E-state index in [1.165, 1.54) is 25.0 Å². The summed E-state index contributed by atoms with van der Waals surface area (Å²) in [6, 6.07) is 4.86. The minimum atomic E-state index is -4.39. The van der Waals surface area contributed by atoms with Crippen LogP contribution in [0.15, 0.2) is 24.3 Å². The average Bonchev–Trinajstić information content (AvgIpc) is 2.60. The number of alkyl halides is 3. The van der Waals surface area contributed by atoms with Gasteiger partial charge in [0.15, 0.2) is 0 Å². The van der Waals surface area contributed by atoms with Gasteiger partial charge < -0.3 is 9.64 Å². The predicted molar refractivity (Wildman–Crippen MR) is 89.2 cm³/mol. The lowest BCUT2D eigenvalue weighted by Crippen LogP contribution is -2.48. The fourth-order valence-electron chi connectivity index (χ4n) is 2.81. The number of amides is 1. The van der Waals surface area contributed by atoms with Gasteiger partial charge in [-0.25, -0.2) is 4.79 Å². The number of hydrogen-bond donors (Lipinski definition) is 0. The molecule has 0 bridgehead atoms. The second-order valence-electron chi connectivity index (χ2n) is 6.29. The van der Waals surface area contributed by atoms with Crippen molar-refractivity contribution in [3.63, 3.8) is 0 Å². The maximum Gasteiger partial charge on any atom is 0.416 e. The molecule has 2 rings (SSSR count). The van der Waals surface area contributed by atoms with E-state index in [1.807, 2.05) is 0 Å². The van der Waals surface area contributed by atoms with Crippen LogP contribution in [0.2, 0.25) is 0 Å². The number of unbranched alkanes of at least 4 members (excludes halogenated alkanes) is 2. The highest BCUT2D eigenvalue weighted by atomic mass is 19.4. The third-order valence-corrected chi connectivity index (χ3v) is 4.33. The van der Waals surface area contributed by atoms with Crippen LogP contribution < -0.4 is 0 Å². The summed E-state index contributed by atoms with van der Waals surface area (Å²) in [5.41, 5.74) is -0.400. The van der Waals surface area contributed by atoms with Crippen molar-refractivity contribution in [2.75, 3.05) is 32.7 Å². The van der Waals surface area contributed by atoms with Gasteiger partial charge in [-0.3, -0.25) is 4.90 Å². The number of halogens is 3. The fraction of sp³-hybridized carbons (Fsp3) is 0.611. The molecule has 0 atom stereocenters. The molecule has 1 fully saturated rings. The molecule has 1 aliphatic heterocycles. The minimum absolute atomic E-state index is 0.153. The fourth-order valence-corrected chi connectivity index (χ4v) is 2.81. The summed E-state index contributed by atoms with van der Waals surface area (Å²) in [5.74, 6) is 0. The van der Waals surface area contributed by atoms with Crippen LogP contribution >= 0.6 is 0 Å². The Balaban J connectivity index is 1.76. The van der Waals surface area contributed by atoms with Gasteiger partial charge in [-0.15, -0.1) is 0 Å². The van der Waals surface area contributed by atoms with Crippen LogP contribution in [-0.4, -0.2) is 48.6 Å². The van der Waals surface area contributed by atoms with E-state index in [0.717, 1.165) is 38.2 Å². The molecule has 0 N–H and O–H groups in total. The molecule has 0 radical (unpaired) electrons. The van der Waals surface area contributed by atoms with Crippen LogP contribution in [0.25, 0.3) is 0 Å². The lowest BCUT2D eigenvalue weighted by molar-refractivity contribution is -0.137. The van der Waals surface area contributed by atoms with Gasteiger partial charge in [0.1, 0.15) is 6.61 Å². The molecule has 0 saturated carbocycles. The molecule has 0 aromatic heterocycles. The first-order chi connectivity index (χ1) is 11.9. The summed E-state index contributed by atoms with van der Waals surface area (Å²) < 4.78 is 43.2. The number of benzene rings is 1. The van der Waals surface area contributed by atoms with E-state index in [0.29, 0.717) is 18.7 Å². The zero-order chi connectivity index (χ0) is 18.3. The lowest BCUT2D eigenvalue weighted by Gasteiger charge is -2.34. The summed E-state index contributed by atoms with van der Waals surface area (Å²) in [5, 5.41) is 0. The van der Waals surface area contributed by atoms with E-state index in [9.17, 15) is 18.0 Å². The second kappa shape index (κ2) is 9.08. The van der Waals surface area contributed by atoms with E-state index in [1.54, 1.807) is 4.90 Å². The SMILES string of the molecule is CCCCCN1CCN(C(=O)OCc2cccc(C(F)(F)F)c2)CC1. The van der Waals surface area contributed by atoms with Crippen LogP contribution in [0.5, 0.6) is 0 Å². The van der Waals surface area contributed by atoms with Crippen molar-refractivity contribution in [3.05, 3.63) is 35.4 Å². The van der Waals surface area contributed by atoms with Crippen LogP contribution in [-0.2, 0) is 17.5 Å². The second-order valence-corrected chi connectivity index (χ2v) is 6.29. The Bertz CT molecular complexity index is 555. The largest absolute Gasteiger partial charge is 0.445 e. The van der Waals surface area contributed by atoms with E-state index >= 15 is 0 Å². The van der Waals surface area contributed by atoms with Crippen molar-refractivity contribution in [2.45, 2.75) is 39.0 Å². The first-order valence-electron chi connectivity index (χ1n) is 8.70. The third kappa shape index (κ3) is 6.23. The highest BCUT2D eigenvalue weighted by Crippen LogP contribution is 2.29. The molecule has 0 aliphatic carbocycles. The molecule has 140 valence electrons. The van der Waals surface area contributed by atoms with Gasteiger partial charge >= 0.3 is 12.3 Å². The molecule has 1 aliphatic rings. The Morgan fingerprint density at radius 3 is 2.52 bits per heavy atom. The molecule has 1 heterocycles. The average molecular weight is 358 g/mol. The molecule has 4 nitrogen and oxygen atoms in total. The van der Waals surface area contributed by atoms with E-state index in [-0.39, 0.29) is 6.61 Å². The van der Waals surface area contributed by atoms with Gasteiger partial charge in [-0.05, 0) is 30.7 Å². The highest BCUT2D eigenvalue weighted by molar-refractivity contribution is 5.67. The van der Waals surface area contributed by atoms with Gasteiger partial charge in [-0.1, -0.05) is 31.9 Å². The summed E-state index contributed by atoms with van der Waals surface area (Å²) >= 11 is 0. The molecule has 1 saturated heterocycles. The Kier molecular flexibility index (Phi) is 7.11. The van der Waals surface area contributed by atoms with Crippen molar-refractivity contribution in [1.29, 1.82) is 0 Å². The number of ether oxygens (including phenoxy) is 1. The number of carbonyl (C=O) groups is 1. The zero-order valence-electron chi connectivity index (χ0n) is 14.5. The van der Waals surface area contributed by atoms with Crippen LogP contribution in [0.3, 0.4) is 0 Å². The summed E-state index contributed by atoms with van der Waals surface area (Å²) in [6.07, 6.45) is -1.31. The Morgan fingerprint density at radius 1 is 1.16 bits per heavy atom. The van der Waals surface area contributed by atoms with Crippen molar-refractivity contribution in [3.8, 4) is 0 Å². The van der Waals surface area contributed by atoms with Gasteiger partial charge in [0, 0.05) is 26.2 Å². The van der Waals surface area contributed by atoms with Crippen molar-refractivity contribution in [1.82, 2.24) is 9.80 Å². The predicted octanol–water partition coefficient (Wildman–Crippen LogP) is 4.15. The molecular formula is C18H25F3N2O2. The molecular weight excluding hydrogens is 333 g/mol. The molecule has 0 spiro atoms. The van der Waals surface area contributed by atoms with E-state index in [2.05, 4.69) is 11.8 Å². The highest BCUT2D eigenvalue weighted by Gasteiger charge is 2.30. The first kappa shape index (κ1) is 19.6. The maximum atomic E-state index is 12.7. The Labute approximate surface area is 146 Å². The summed E-state index contributed by atoms with van der Waals surface area (Å²) in [7, 11) is 0. The van der Waals surface area contributed by atoms with Crippen LogP contribution in [0.4, 0.5) is 18.0 Å². The molecule has 7 heteroatoms. The van der Waals surface area contributed by atoms with Gasteiger partial charge in [0.2, 0.25) is 0 Å². The quantitative estimate of drug-likeness (QED) is 0.716. The summed E-state index contributed by atoms with van der Waals surface area (Å²) in [6.45, 7) is 5.85. The number of hydrogen-bond acceptors (Lipinski definition) is 3. The summed E-state index contributed by atoms with van der Waals surface area (Å²) in [4.78, 5) is 16.0. The first-order valence-corrected chi connectivity index (χ1v) is 8.70. The molecule has 0 unspecified atom stereocenters. The number of carbonyl (C=O) groups excluding carboxylic acids is 1. The number of nitrogens with zero attached hydrogens (tertiary/aromatic N) is 2. The smallest absolute Gasteiger partial charge is 0.416 e. The molecule has 1 aromatic carbocycles.